The monoisotopic (exact) mass is 230 g/mol. The van der Waals surface area contributed by atoms with Crippen molar-refractivity contribution in [1.29, 1.82) is 5.26 Å². The van der Waals surface area contributed by atoms with E-state index < -0.39 is 17.2 Å². The standard InChI is InChI=1S/C9H5ClF2N2O/c1-4-5(8(10)15)2-6(9(11)12)7(3-13)14-4/h2,9H,1H3. The first-order valence-corrected chi connectivity index (χ1v) is 4.24. The average molecular weight is 231 g/mol. The minimum absolute atomic E-state index is 0.106. The molecule has 3 nitrogen and oxygen atoms in total. The smallest absolute Gasteiger partial charge is 0.266 e. The highest BCUT2D eigenvalue weighted by Gasteiger charge is 2.19. The number of alkyl halides is 2. The highest BCUT2D eigenvalue weighted by Crippen LogP contribution is 2.24. The fourth-order valence-corrected chi connectivity index (χ4v) is 1.27. The summed E-state index contributed by atoms with van der Waals surface area (Å²) in [6.07, 6.45) is -2.86. The molecule has 0 bridgehead atoms. The minimum atomic E-state index is -2.86. The molecular weight excluding hydrogens is 226 g/mol. The Labute approximate surface area is 89.3 Å². The van der Waals surface area contributed by atoms with E-state index in [9.17, 15) is 13.6 Å². The van der Waals surface area contributed by atoms with Gasteiger partial charge in [0.25, 0.3) is 11.7 Å². The second-order valence-corrected chi connectivity index (χ2v) is 3.09. The summed E-state index contributed by atoms with van der Waals surface area (Å²) in [7, 11) is 0. The maximum absolute atomic E-state index is 12.4. The molecule has 0 fully saturated rings. The Morgan fingerprint density at radius 2 is 2.27 bits per heavy atom. The van der Waals surface area contributed by atoms with E-state index in [-0.39, 0.29) is 17.0 Å². The minimum Gasteiger partial charge on any atom is -0.276 e. The van der Waals surface area contributed by atoms with Crippen LogP contribution in [0.4, 0.5) is 8.78 Å². The molecule has 1 heterocycles. The molecule has 0 radical (unpaired) electrons. The maximum atomic E-state index is 12.4. The largest absolute Gasteiger partial charge is 0.276 e. The fraction of sp³-hybridized carbons (Fsp3) is 0.222. The molecule has 78 valence electrons. The molecule has 0 atom stereocenters. The summed E-state index contributed by atoms with van der Waals surface area (Å²) in [6, 6.07) is 2.44. The van der Waals surface area contributed by atoms with Gasteiger partial charge in [-0.3, -0.25) is 4.79 Å². The van der Waals surface area contributed by atoms with Gasteiger partial charge >= 0.3 is 0 Å². The van der Waals surface area contributed by atoms with Gasteiger partial charge in [-0.15, -0.1) is 0 Å². The number of carbonyl (C=O) groups excluding carboxylic acids is 1. The molecule has 0 amide bonds. The van der Waals surface area contributed by atoms with E-state index in [1.165, 1.54) is 13.0 Å². The summed E-state index contributed by atoms with van der Waals surface area (Å²) in [4.78, 5) is 14.4. The number of halogens is 3. The molecule has 0 N–H and O–H groups in total. The zero-order valence-electron chi connectivity index (χ0n) is 7.59. The third-order valence-corrected chi connectivity index (χ3v) is 2.00. The Hall–Kier alpha value is -1.54. The molecule has 1 aromatic rings. The third-order valence-electron chi connectivity index (χ3n) is 1.80. The molecule has 0 aliphatic heterocycles. The molecule has 0 unspecified atom stereocenters. The molecule has 0 saturated heterocycles. The SMILES string of the molecule is Cc1nc(C#N)c(C(F)F)cc1C(=O)Cl. The van der Waals surface area contributed by atoms with Crippen molar-refractivity contribution in [1.82, 2.24) is 4.98 Å². The van der Waals surface area contributed by atoms with Gasteiger partial charge in [-0.2, -0.15) is 5.26 Å². The molecular formula is C9H5ClF2N2O. The zero-order chi connectivity index (χ0) is 11.6. The Morgan fingerprint density at radius 1 is 1.67 bits per heavy atom. The predicted octanol–water partition coefficient (Wildman–Crippen LogP) is 2.58. The summed E-state index contributed by atoms with van der Waals surface area (Å²) >= 11 is 5.17. The van der Waals surface area contributed by atoms with Gasteiger partial charge < -0.3 is 0 Å². The Balaban J connectivity index is 3.45. The summed E-state index contributed by atoms with van der Waals surface area (Å²) in [6.45, 7) is 1.42. The van der Waals surface area contributed by atoms with Crippen molar-refractivity contribution in [3.05, 3.63) is 28.6 Å². The topological polar surface area (TPSA) is 53.8 Å². The molecule has 0 spiro atoms. The number of aromatic nitrogens is 1. The number of hydrogen-bond donors (Lipinski definition) is 0. The van der Waals surface area contributed by atoms with Crippen molar-refractivity contribution in [3.63, 3.8) is 0 Å². The molecule has 1 aromatic heterocycles. The lowest BCUT2D eigenvalue weighted by atomic mass is 10.1. The highest BCUT2D eigenvalue weighted by atomic mass is 35.5. The number of pyridine rings is 1. The maximum Gasteiger partial charge on any atom is 0.266 e. The normalized spacial score (nSPS) is 10.1. The first kappa shape index (κ1) is 11.5. The molecule has 6 heteroatoms. The zero-order valence-corrected chi connectivity index (χ0v) is 8.35. The van der Waals surface area contributed by atoms with E-state index in [1.54, 1.807) is 0 Å². The van der Waals surface area contributed by atoms with Crippen LogP contribution in [0.1, 0.15) is 33.7 Å². The van der Waals surface area contributed by atoms with Crippen molar-refractivity contribution in [2.75, 3.05) is 0 Å². The van der Waals surface area contributed by atoms with Crippen LogP contribution >= 0.6 is 11.6 Å². The highest BCUT2D eigenvalue weighted by molar-refractivity contribution is 6.67. The van der Waals surface area contributed by atoms with E-state index in [2.05, 4.69) is 4.98 Å². The van der Waals surface area contributed by atoms with Gasteiger partial charge in [-0.05, 0) is 24.6 Å². The molecule has 0 aliphatic rings. The molecule has 0 aliphatic carbocycles. The van der Waals surface area contributed by atoms with Crippen molar-refractivity contribution in [3.8, 4) is 6.07 Å². The second-order valence-electron chi connectivity index (χ2n) is 2.75. The second kappa shape index (κ2) is 4.32. The Kier molecular flexibility index (Phi) is 3.32. The number of rotatable bonds is 2. The summed E-state index contributed by atoms with van der Waals surface area (Å²) in [5, 5.41) is 7.69. The summed E-state index contributed by atoms with van der Waals surface area (Å²) in [5.74, 6) is 0. The van der Waals surface area contributed by atoms with Crippen molar-refractivity contribution in [2.24, 2.45) is 0 Å². The van der Waals surface area contributed by atoms with Crippen LogP contribution in [-0.4, -0.2) is 10.2 Å². The van der Waals surface area contributed by atoms with Crippen molar-refractivity contribution < 1.29 is 13.6 Å². The first-order chi connectivity index (χ1) is 6.97. The molecule has 0 saturated carbocycles. The molecule has 15 heavy (non-hydrogen) atoms. The van der Waals surface area contributed by atoms with Crippen LogP contribution in [0.5, 0.6) is 0 Å². The lowest BCUT2D eigenvalue weighted by Crippen LogP contribution is -2.03. The average Bonchev–Trinajstić information content (AvgIpc) is 2.16. The van der Waals surface area contributed by atoms with Gasteiger partial charge in [-0.25, -0.2) is 13.8 Å². The van der Waals surface area contributed by atoms with E-state index in [1.807, 2.05) is 0 Å². The number of hydrogen-bond acceptors (Lipinski definition) is 3. The fourth-order valence-electron chi connectivity index (χ4n) is 1.08. The van der Waals surface area contributed by atoms with Gasteiger partial charge in [0.15, 0.2) is 0 Å². The van der Waals surface area contributed by atoms with E-state index >= 15 is 0 Å². The third kappa shape index (κ3) is 2.28. The van der Waals surface area contributed by atoms with Crippen LogP contribution in [0.15, 0.2) is 6.07 Å². The van der Waals surface area contributed by atoms with Crippen molar-refractivity contribution in [2.45, 2.75) is 13.3 Å². The predicted molar refractivity (Wildman–Crippen MR) is 48.8 cm³/mol. The van der Waals surface area contributed by atoms with Gasteiger partial charge in [0.1, 0.15) is 11.8 Å². The van der Waals surface area contributed by atoms with Crippen LogP contribution in [-0.2, 0) is 0 Å². The number of nitriles is 1. The number of nitrogens with zero attached hydrogens (tertiary/aromatic N) is 2. The Morgan fingerprint density at radius 3 is 2.67 bits per heavy atom. The first-order valence-electron chi connectivity index (χ1n) is 3.87. The van der Waals surface area contributed by atoms with Crippen molar-refractivity contribution >= 4 is 16.8 Å². The van der Waals surface area contributed by atoms with Crippen LogP contribution in [0, 0.1) is 18.3 Å². The van der Waals surface area contributed by atoms with Crippen LogP contribution in [0.2, 0.25) is 0 Å². The van der Waals surface area contributed by atoms with E-state index in [4.69, 9.17) is 16.9 Å². The van der Waals surface area contributed by atoms with Gasteiger partial charge in [0.05, 0.1) is 16.8 Å². The quantitative estimate of drug-likeness (QED) is 0.734. The lowest BCUT2D eigenvalue weighted by Gasteiger charge is -2.06. The van der Waals surface area contributed by atoms with Crippen LogP contribution in [0.3, 0.4) is 0 Å². The van der Waals surface area contributed by atoms with E-state index in [0.717, 1.165) is 6.07 Å². The van der Waals surface area contributed by atoms with Gasteiger partial charge in [0, 0.05) is 0 Å². The van der Waals surface area contributed by atoms with Gasteiger partial charge in [-0.1, -0.05) is 0 Å². The Bertz CT molecular complexity index is 454. The molecule has 0 aromatic carbocycles. The van der Waals surface area contributed by atoms with Crippen LogP contribution in [0.25, 0.3) is 0 Å². The van der Waals surface area contributed by atoms with Gasteiger partial charge in [0.2, 0.25) is 0 Å². The molecule has 1 rings (SSSR count). The van der Waals surface area contributed by atoms with E-state index in [0.29, 0.717) is 0 Å². The number of carbonyl (C=O) groups is 1. The lowest BCUT2D eigenvalue weighted by molar-refractivity contribution is 0.107. The van der Waals surface area contributed by atoms with Crippen LogP contribution < -0.4 is 0 Å². The number of aryl methyl sites for hydroxylation is 1. The summed E-state index contributed by atoms with van der Waals surface area (Å²) in [5.41, 5.74) is -0.904. The summed E-state index contributed by atoms with van der Waals surface area (Å²) < 4.78 is 24.9.